The van der Waals surface area contributed by atoms with Gasteiger partial charge in [-0.15, -0.1) is 0 Å². The molecule has 0 radical (unpaired) electrons. The first-order valence-electron chi connectivity index (χ1n) is 5.99. The summed E-state index contributed by atoms with van der Waals surface area (Å²) in [7, 11) is 3.89. The van der Waals surface area contributed by atoms with Crippen molar-refractivity contribution in [2.24, 2.45) is 0 Å². The Bertz CT molecular complexity index is 434. The zero-order valence-electron chi connectivity index (χ0n) is 10.6. The van der Waals surface area contributed by atoms with Crippen molar-refractivity contribution in [3.05, 3.63) is 24.3 Å². The molecule has 1 aromatic rings. The van der Waals surface area contributed by atoms with E-state index < -0.39 is 12.3 Å². The Kier molecular flexibility index (Phi) is 3.72. The molecule has 0 saturated carbocycles. The summed E-state index contributed by atoms with van der Waals surface area (Å²) in [5.74, 6) is 0.404. The highest BCUT2D eigenvalue weighted by Crippen LogP contribution is 2.22. The first-order chi connectivity index (χ1) is 8.56. The predicted octanol–water partition coefficient (Wildman–Crippen LogP) is 0.728. The van der Waals surface area contributed by atoms with Crippen molar-refractivity contribution >= 4 is 11.6 Å². The molecule has 0 aromatic heterocycles. The number of carbonyl (C=O) groups excluding carboxylic acids is 1. The molecule has 1 saturated heterocycles. The number of anilines is 1. The molecule has 98 valence electrons. The molecular weight excluding hydrogens is 232 g/mol. The third-order valence-electron chi connectivity index (χ3n) is 2.92. The minimum atomic E-state index is -0.745. The molecule has 5 heteroatoms. The zero-order valence-corrected chi connectivity index (χ0v) is 10.6. The number of benzene rings is 1. The van der Waals surface area contributed by atoms with E-state index in [2.05, 4.69) is 5.32 Å². The lowest BCUT2D eigenvalue weighted by molar-refractivity contribution is -0.135. The molecule has 5 nitrogen and oxygen atoms in total. The van der Waals surface area contributed by atoms with Crippen LogP contribution in [-0.2, 0) is 4.79 Å². The van der Waals surface area contributed by atoms with E-state index in [9.17, 15) is 9.90 Å². The first-order valence-corrected chi connectivity index (χ1v) is 5.99. The number of hydrogen-bond acceptors (Lipinski definition) is 4. The molecule has 1 amide bonds. The van der Waals surface area contributed by atoms with Crippen molar-refractivity contribution in [1.82, 2.24) is 5.32 Å². The fourth-order valence-electron chi connectivity index (χ4n) is 1.88. The second-order valence-electron chi connectivity index (χ2n) is 4.60. The second-order valence-corrected chi connectivity index (χ2v) is 4.60. The van der Waals surface area contributed by atoms with Crippen LogP contribution in [0.3, 0.4) is 0 Å². The van der Waals surface area contributed by atoms with Gasteiger partial charge in [-0.3, -0.25) is 4.79 Å². The number of aliphatic hydroxyl groups excluding tert-OH is 1. The van der Waals surface area contributed by atoms with E-state index in [-0.39, 0.29) is 5.91 Å². The summed E-state index contributed by atoms with van der Waals surface area (Å²) in [6, 6.07) is 7.57. The van der Waals surface area contributed by atoms with Gasteiger partial charge in [0.1, 0.15) is 12.0 Å². The van der Waals surface area contributed by atoms with Gasteiger partial charge in [-0.25, -0.2) is 0 Å². The highest BCUT2D eigenvalue weighted by Gasteiger charge is 2.28. The highest BCUT2D eigenvalue weighted by molar-refractivity contribution is 5.82. The number of carbonyl (C=O) groups is 1. The Labute approximate surface area is 106 Å². The number of aliphatic hydroxyl groups is 1. The molecule has 1 aliphatic rings. The molecular formula is C13H18N2O3. The number of amides is 1. The topological polar surface area (TPSA) is 61.8 Å². The van der Waals surface area contributed by atoms with Gasteiger partial charge in [0.15, 0.2) is 6.10 Å². The van der Waals surface area contributed by atoms with Crippen molar-refractivity contribution < 1.29 is 14.6 Å². The predicted molar refractivity (Wildman–Crippen MR) is 68.6 cm³/mol. The van der Waals surface area contributed by atoms with Crippen LogP contribution < -0.4 is 15.0 Å². The third-order valence-corrected chi connectivity index (χ3v) is 2.92. The second kappa shape index (κ2) is 5.27. The summed E-state index contributed by atoms with van der Waals surface area (Å²) in [6.45, 7) is 0. The lowest BCUT2D eigenvalue weighted by Gasteiger charge is -2.26. The average molecular weight is 250 g/mol. The van der Waals surface area contributed by atoms with Crippen molar-refractivity contribution in [2.45, 2.75) is 25.2 Å². The molecule has 0 bridgehead atoms. The van der Waals surface area contributed by atoms with Crippen LogP contribution in [0.5, 0.6) is 5.75 Å². The summed E-state index contributed by atoms with van der Waals surface area (Å²) in [4.78, 5) is 13.6. The van der Waals surface area contributed by atoms with Gasteiger partial charge in [-0.05, 0) is 25.0 Å². The minimum absolute atomic E-state index is 0.260. The van der Waals surface area contributed by atoms with Gasteiger partial charge >= 0.3 is 0 Å². The van der Waals surface area contributed by atoms with E-state index in [1.165, 1.54) is 0 Å². The molecule has 2 N–H and O–H groups in total. The lowest BCUT2D eigenvalue weighted by Crippen LogP contribution is -2.48. The number of hydrogen-bond donors (Lipinski definition) is 2. The summed E-state index contributed by atoms with van der Waals surface area (Å²) in [5.41, 5.74) is 1.02. The van der Waals surface area contributed by atoms with Gasteiger partial charge in [-0.2, -0.15) is 0 Å². The Morgan fingerprint density at radius 3 is 2.83 bits per heavy atom. The monoisotopic (exact) mass is 250 g/mol. The van der Waals surface area contributed by atoms with Crippen molar-refractivity contribution in [2.75, 3.05) is 19.0 Å². The van der Waals surface area contributed by atoms with E-state index in [1.807, 2.05) is 43.3 Å². The third kappa shape index (κ3) is 2.92. The van der Waals surface area contributed by atoms with E-state index in [4.69, 9.17) is 4.74 Å². The Balaban J connectivity index is 2.05. The maximum absolute atomic E-state index is 11.6. The molecule has 2 rings (SSSR count). The standard InChI is InChI=1S/C13H18N2O3/c1-15(2)9-4-3-5-10(8-9)18-11-6-7-12(16)14-13(11)17/h3-5,8,11-12,16H,6-7H2,1-2H3,(H,14,17). The first kappa shape index (κ1) is 12.7. The van der Waals surface area contributed by atoms with Gasteiger partial charge in [0.05, 0.1) is 0 Å². The number of nitrogens with one attached hydrogen (secondary N) is 1. The van der Waals surface area contributed by atoms with Crippen molar-refractivity contribution in [3.8, 4) is 5.75 Å². The summed E-state index contributed by atoms with van der Waals surface area (Å²) >= 11 is 0. The Morgan fingerprint density at radius 1 is 1.39 bits per heavy atom. The van der Waals surface area contributed by atoms with Crippen LogP contribution in [0.15, 0.2) is 24.3 Å². The maximum atomic E-state index is 11.6. The normalized spacial score (nSPS) is 23.4. The fraction of sp³-hybridized carbons (Fsp3) is 0.462. The summed E-state index contributed by atoms with van der Waals surface area (Å²) < 4.78 is 5.66. The Morgan fingerprint density at radius 2 is 2.17 bits per heavy atom. The maximum Gasteiger partial charge on any atom is 0.263 e. The van der Waals surface area contributed by atoms with Gasteiger partial charge in [0.25, 0.3) is 5.91 Å². The molecule has 0 spiro atoms. The van der Waals surface area contributed by atoms with E-state index >= 15 is 0 Å². The van der Waals surface area contributed by atoms with Crippen molar-refractivity contribution in [1.29, 1.82) is 0 Å². The number of rotatable bonds is 3. The minimum Gasteiger partial charge on any atom is -0.481 e. The average Bonchev–Trinajstić information content (AvgIpc) is 2.33. The SMILES string of the molecule is CN(C)c1cccc(OC2CCC(O)NC2=O)c1. The van der Waals surface area contributed by atoms with Gasteiger partial charge in [0.2, 0.25) is 0 Å². The largest absolute Gasteiger partial charge is 0.481 e. The summed E-state index contributed by atoms with van der Waals surface area (Å²) in [5, 5.41) is 11.8. The van der Waals surface area contributed by atoms with E-state index in [1.54, 1.807) is 0 Å². The summed E-state index contributed by atoms with van der Waals surface area (Å²) in [6.07, 6.45) is -0.223. The van der Waals surface area contributed by atoms with Gasteiger partial charge in [0, 0.05) is 25.8 Å². The smallest absolute Gasteiger partial charge is 0.263 e. The number of nitrogens with zero attached hydrogens (tertiary/aromatic N) is 1. The number of ether oxygens (including phenoxy) is 1. The van der Waals surface area contributed by atoms with Crippen LogP contribution in [0.25, 0.3) is 0 Å². The fourth-order valence-corrected chi connectivity index (χ4v) is 1.88. The molecule has 1 aliphatic heterocycles. The highest BCUT2D eigenvalue weighted by atomic mass is 16.5. The zero-order chi connectivity index (χ0) is 13.1. The Hall–Kier alpha value is -1.75. The van der Waals surface area contributed by atoms with Gasteiger partial charge < -0.3 is 20.1 Å². The van der Waals surface area contributed by atoms with Crippen LogP contribution >= 0.6 is 0 Å². The number of piperidine rings is 1. The quantitative estimate of drug-likeness (QED) is 0.830. The van der Waals surface area contributed by atoms with Crippen LogP contribution in [0.4, 0.5) is 5.69 Å². The van der Waals surface area contributed by atoms with Gasteiger partial charge in [-0.1, -0.05) is 6.07 Å². The molecule has 1 aromatic carbocycles. The van der Waals surface area contributed by atoms with Crippen LogP contribution in [-0.4, -0.2) is 37.4 Å². The lowest BCUT2D eigenvalue weighted by atomic mass is 10.1. The molecule has 18 heavy (non-hydrogen) atoms. The molecule has 0 aliphatic carbocycles. The molecule has 1 fully saturated rings. The molecule has 2 unspecified atom stereocenters. The van der Waals surface area contributed by atoms with Crippen LogP contribution in [0, 0.1) is 0 Å². The molecule has 1 heterocycles. The van der Waals surface area contributed by atoms with Crippen LogP contribution in [0.2, 0.25) is 0 Å². The molecule has 2 atom stereocenters. The van der Waals surface area contributed by atoms with Crippen molar-refractivity contribution in [3.63, 3.8) is 0 Å². The van der Waals surface area contributed by atoms with E-state index in [0.717, 1.165) is 5.69 Å². The van der Waals surface area contributed by atoms with Crippen LogP contribution in [0.1, 0.15) is 12.8 Å². The van der Waals surface area contributed by atoms with E-state index in [0.29, 0.717) is 18.6 Å².